The predicted octanol–water partition coefficient (Wildman–Crippen LogP) is 2.12. The first kappa shape index (κ1) is 14.0. The normalized spacial score (nSPS) is 11.5. The van der Waals surface area contributed by atoms with E-state index in [0.29, 0.717) is 11.4 Å². The summed E-state index contributed by atoms with van der Waals surface area (Å²) >= 11 is 1.33. The molecule has 1 N–H and O–H groups in total. The summed E-state index contributed by atoms with van der Waals surface area (Å²) in [5.74, 6) is 0.833. The molecule has 0 aliphatic rings. The molecule has 0 saturated heterocycles. The van der Waals surface area contributed by atoms with Crippen LogP contribution >= 0.6 is 11.5 Å². The van der Waals surface area contributed by atoms with Gasteiger partial charge in [-0.05, 0) is 17.7 Å². The van der Waals surface area contributed by atoms with Crippen LogP contribution in [0.5, 0.6) is 0 Å². The van der Waals surface area contributed by atoms with Crippen molar-refractivity contribution in [3.8, 4) is 0 Å². The molecular weight excluding hydrogens is 282 g/mol. The number of anilines is 1. The Labute approximate surface area is 116 Å². The molecule has 7 heteroatoms. The first-order chi connectivity index (χ1) is 8.99. The SMILES string of the molecule is CCc1nsc(NCc2ccc(S(C)(=O)=O)cc2)n1. The van der Waals surface area contributed by atoms with E-state index in [1.165, 1.54) is 17.8 Å². The van der Waals surface area contributed by atoms with Gasteiger partial charge in [-0.2, -0.15) is 4.37 Å². The minimum absolute atomic E-state index is 0.334. The van der Waals surface area contributed by atoms with Crippen molar-refractivity contribution in [3.63, 3.8) is 0 Å². The minimum Gasteiger partial charge on any atom is -0.356 e. The molecule has 0 aliphatic heterocycles. The van der Waals surface area contributed by atoms with Gasteiger partial charge in [-0.3, -0.25) is 0 Å². The van der Waals surface area contributed by atoms with Crippen molar-refractivity contribution in [2.24, 2.45) is 0 Å². The standard InChI is InChI=1S/C12H15N3O2S2/c1-3-11-14-12(18-15-11)13-8-9-4-6-10(7-5-9)19(2,16)17/h4-7H,3,8H2,1-2H3,(H,13,14,15). The summed E-state index contributed by atoms with van der Waals surface area (Å²) in [6, 6.07) is 6.82. The van der Waals surface area contributed by atoms with E-state index in [1.54, 1.807) is 24.3 Å². The summed E-state index contributed by atoms with van der Waals surface area (Å²) in [7, 11) is -3.13. The monoisotopic (exact) mass is 297 g/mol. The number of benzene rings is 1. The lowest BCUT2D eigenvalue weighted by Crippen LogP contribution is -2.01. The van der Waals surface area contributed by atoms with E-state index in [4.69, 9.17) is 0 Å². The second-order valence-corrected chi connectivity index (χ2v) is 6.91. The molecule has 0 unspecified atom stereocenters. The molecule has 0 amide bonds. The maximum absolute atomic E-state index is 11.3. The van der Waals surface area contributed by atoms with Crippen LogP contribution in [0.2, 0.25) is 0 Å². The summed E-state index contributed by atoms with van der Waals surface area (Å²) in [6.07, 6.45) is 2.02. The van der Waals surface area contributed by atoms with E-state index < -0.39 is 9.84 Å². The van der Waals surface area contributed by atoms with Crippen LogP contribution in [-0.2, 0) is 22.8 Å². The van der Waals surface area contributed by atoms with E-state index in [0.717, 1.165) is 22.9 Å². The first-order valence-electron chi connectivity index (χ1n) is 5.84. The molecule has 0 spiro atoms. The van der Waals surface area contributed by atoms with Gasteiger partial charge < -0.3 is 5.32 Å². The van der Waals surface area contributed by atoms with E-state index in [9.17, 15) is 8.42 Å². The smallest absolute Gasteiger partial charge is 0.202 e. The summed E-state index contributed by atoms with van der Waals surface area (Å²) in [5.41, 5.74) is 1.00. The predicted molar refractivity (Wildman–Crippen MR) is 76.2 cm³/mol. The molecule has 1 aromatic heterocycles. The van der Waals surface area contributed by atoms with Gasteiger partial charge >= 0.3 is 0 Å². The Morgan fingerprint density at radius 3 is 2.47 bits per heavy atom. The van der Waals surface area contributed by atoms with Gasteiger partial charge in [0.25, 0.3) is 0 Å². The molecule has 0 atom stereocenters. The molecule has 0 fully saturated rings. The van der Waals surface area contributed by atoms with Crippen LogP contribution in [0.15, 0.2) is 29.2 Å². The van der Waals surface area contributed by atoms with Crippen molar-refractivity contribution in [2.45, 2.75) is 24.8 Å². The van der Waals surface area contributed by atoms with Gasteiger partial charge in [0.05, 0.1) is 4.90 Å². The van der Waals surface area contributed by atoms with Crippen molar-refractivity contribution in [1.82, 2.24) is 9.36 Å². The van der Waals surface area contributed by atoms with Crippen LogP contribution in [0, 0.1) is 0 Å². The zero-order valence-electron chi connectivity index (χ0n) is 10.8. The Hall–Kier alpha value is -1.47. The minimum atomic E-state index is -3.13. The van der Waals surface area contributed by atoms with Gasteiger partial charge in [0.15, 0.2) is 9.84 Å². The maximum atomic E-state index is 11.3. The number of nitrogens with one attached hydrogen (secondary N) is 1. The quantitative estimate of drug-likeness (QED) is 0.915. The molecule has 5 nitrogen and oxygen atoms in total. The van der Waals surface area contributed by atoms with Crippen molar-refractivity contribution >= 4 is 26.5 Å². The lowest BCUT2D eigenvalue weighted by Gasteiger charge is -2.03. The molecule has 1 aromatic carbocycles. The van der Waals surface area contributed by atoms with Gasteiger partial charge in [0, 0.05) is 30.8 Å². The third kappa shape index (κ3) is 3.74. The molecule has 2 rings (SSSR count). The third-order valence-electron chi connectivity index (χ3n) is 2.58. The van der Waals surface area contributed by atoms with Crippen LogP contribution in [0.4, 0.5) is 5.13 Å². The average molecular weight is 297 g/mol. The van der Waals surface area contributed by atoms with Gasteiger partial charge in [-0.25, -0.2) is 13.4 Å². The van der Waals surface area contributed by atoms with E-state index >= 15 is 0 Å². The molecule has 19 heavy (non-hydrogen) atoms. The molecule has 0 radical (unpaired) electrons. The Morgan fingerprint density at radius 2 is 1.95 bits per heavy atom. The fraction of sp³-hybridized carbons (Fsp3) is 0.333. The Kier molecular flexibility index (Phi) is 4.16. The molecule has 1 heterocycles. The van der Waals surface area contributed by atoms with Gasteiger partial charge in [0.1, 0.15) is 5.82 Å². The molecule has 0 bridgehead atoms. The van der Waals surface area contributed by atoms with Crippen LogP contribution in [0.1, 0.15) is 18.3 Å². The van der Waals surface area contributed by atoms with E-state index in [2.05, 4.69) is 14.7 Å². The highest BCUT2D eigenvalue weighted by Crippen LogP contribution is 2.14. The largest absolute Gasteiger partial charge is 0.356 e. The fourth-order valence-electron chi connectivity index (χ4n) is 1.50. The Morgan fingerprint density at radius 1 is 1.26 bits per heavy atom. The van der Waals surface area contributed by atoms with Crippen LogP contribution in [0.3, 0.4) is 0 Å². The van der Waals surface area contributed by atoms with Crippen molar-refractivity contribution in [1.29, 1.82) is 0 Å². The van der Waals surface area contributed by atoms with Crippen LogP contribution in [0.25, 0.3) is 0 Å². The van der Waals surface area contributed by atoms with Crippen molar-refractivity contribution in [3.05, 3.63) is 35.7 Å². The maximum Gasteiger partial charge on any atom is 0.202 e. The van der Waals surface area contributed by atoms with Crippen LogP contribution < -0.4 is 5.32 Å². The van der Waals surface area contributed by atoms with E-state index in [-0.39, 0.29) is 0 Å². The Bertz CT molecular complexity index is 648. The van der Waals surface area contributed by atoms with Gasteiger partial charge in [0.2, 0.25) is 5.13 Å². The van der Waals surface area contributed by atoms with Gasteiger partial charge in [-0.15, -0.1) is 0 Å². The average Bonchev–Trinajstić information content (AvgIpc) is 2.84. The number of nitrogens with zero attached hydrogens (tertiary/aromatic N) is 2. The zero-order chi connectivity index (χ0) is 13.9. The topological polar surface area (TPSA) is 72.0 Å². The molecule has 102 valence electrons. The summed E-state index contributed by atoms with van der Waals surface area (Å²) in [5, 5.41) is 3.95. The van der Waals surface area contributed by atoms with Crippen LogP contribution in [-0.4, -0.2) is 24.0 Å². The Balaban J connectivity index is 2.00. The number of rotatable bonds is 5. The lowest BCUT2D eigenvalue weighted by molar-refractivity contribution is 0.602. The second kappa shape index (κ2) is 5.66. The highest BCUT2D eigenvalue weighted by atomic mass is 32.2. The number of hydrogen-bond donors (Lipinski definition) is 1. The zero-order valence-corrected chi connectivity index (χ0v) is 12.4. The number of sulfone groups is 1. The lowest BCUT2D eigenvalue weighted by atomic mass is 10.2. The molecule has 2 aromatic rings. The first-order valence-corrected chi connectivity index (χ1v) is 8.51. The molecule has 0 saturated carbocycles. The third-order valence-corrected chi connectivity index (χ3v) is 4.42. The highest BCUT2D eigenvalue weighted by molar-refractivity contribution is 7.90. The van der Waals surface area contributed by atoms with Crippen molar-refractivity contribution in [2.75, 3.05) is 11.6 Å². The van der Waals surface area contributed by atoms with Crippen molar-refractivity contribution < 1.29 is 8.42 Å². The summed E-state index contributed by atoms with van der Waals surface area (Å²) in [4.78, 5) is 4.63. The van der Waals surface area contributed by atoms with E-state index in [1.807, 2.05) is 6.92 Å². The number of aromatic nitrogens is 2. The second-order valence-electron chi connectivity index (χ2n) is 4.14. The highest BCUT2D eigenvalue weighted by Gasteiger charge is 2.06. The molecule has 0 aliphatic carbocycles. The number of hydrogen-bond acceptors (Lipinski definition) is 6. The fourth-order valence-corrected chi connectivity index (χ4v) is 2.78. The van der Waals surface area contributed by atoms with Gasteiger partial charge in [-0.1, -0.05) is 19.1 Å². The number of aryl methyl sites for hydroxylation is 1. The molecular formula is C12H15N3O2S2. The summed E-state index contributed by atoms with van der Waals surface area (Å²) in [6.45, 7) is 2.61. The summed E-state index contributed by atoms with van der Waals surface area (Å²) < 4.78 is 26.8.